The molecule has 10 heteroatoms. The van der Waals surface area contributed by atoms with E-state index in [1.54, 1.807) is 16.9 Å². The molecule has 32 heavy (non-hydrogen) atoms. The first-order valence-electron chi connectivity index (χ1n) is 10.0. The van der Waals surface area contributed by atoms with Crippen molar-refractivity contribution in [2.75, 3.05) is 0 Å². The van der Waals surface area contributed by atoms with Crippen molar-refractivity contribution in [3.8, 4) is 11.3 Å². The molecule has 1 unspecified atom stereocenters. The molecule has 0 saturated carbocycles. The van der Waals surface area contributed by atoms with Crippen LogP contribution in [0, 0.1) is 0 Å². The number of aryl methyl sites for hydroxylation is 1. The zero-order valence-corrected chi connectivity index (χ0v) is 18.7. The van der Waals surface area contributed by atoms with E-state index >= 15 is 0 Å². The number of H-pyrrole nitrogens is 2. The molecule has 0 saturated heterocycles. The number of aromatic nitrogens is 5. The van der Waals surface area contributed by atoms with Crippen LogP contribution in [-0.4, -0.2) is 24.7 Å². The van der Waals surface area contributed by atoms with E-state index in [0.717, 1.165) is 11.1 Å². The van der Waals surface area contributed by atoms with Gasteiger partial charge in [0.05, 0.1) is 16.9 Å². The van der Waals surface area contributed by atoms with Gasteiger partial charge in [-0.25, -0.2) is 14.9 Å². The van der Waals surface area contributed by atoms with E-state index in [4.69, 9.17) is 4.42 Å². The summed E-state index contributed by atoms with van der Waals surface area (Å²) in [6.45, 7) is 2.44. The van der Waals surface area contributed by atoms with Crippen LogP contribution in [0.2, 0.25) is 0 Å². The molecule has 4 aromatic heterocycles. The molecule has 0 aliphatic rings. The quantitative estimate of drug-likeness (QED) is 0.348. The van der Waals surface area contributed by atoms with Crippen LogP contribution < -0.4 is 11.2 Å². The molecular formula is C22H19N5O3S2. The van der Waals surface area contributed by atoms with Crippen LogP contribution >= 0.6 is 23.1 Å². The highest BCUT2D eigenvalue weighted by Gasteiger charge is 2.20. The van der Waals surface area contributed by atoms with Crippen molar-refractivity contribution in [3.63, 3.8) is 0 Å². The minimum atomic E-state index is -0.256. The smallest absolute Gasteiger partial charge is 0.343 e. The molecule has 4 heterocycles. The second-order valence-corrected chi connectivity index (χ2v) is 9.38. The van der Waals surface area contributed by atoms with Crippen molar-refractivity contribution in [3.05, 3.63) is 86.3 Å². The van der Waals surface area contributed by atoms with Crippen LogP contribution in [0.25, 0.3) is 21.5 Å². The summed E-state index contributed by atoms with van der Waals surface area (Å²) in [5, 5.41) is 9.44. The number of aromatic amines is 2. The molecule has 0 aliphatic heterocycles. The number of thiophene rings is 1. The van der Waals surface area contributed by atoms with Gasteiger partial charge in [-0.1, -0.05) is 42.1 Å². The maximum absolute atomic E-state index is 12.8. The summed E-state index contributed by atoms with van der Waals surface area (Å²) >= 11 is 2.78. The highest BCUT2D eigenvalue weighted by molar-refractivity contribution is 7.99. The highest BCUT2D eigenvalue weighted by atomic mass is 32.2. The number of hydrogen-bond acceptors (Lipinski definition) is 7. The van der Waals surface area contributed by atoms with Gasteiger partial charge in [-0.3, -0.25) is 9.36 Å². The predicted octanol–water partition coefficient (Wildman–Crippen LogP) is 4.23. The van der Waals surface area contributed by atoms with Gasteiger partial charge < -0.3 is 9.40 Å². The fourth-order valence-electron chi connectivity index (χ4n) is 3.46. The average molecular weight is 466 g/mol. The molecular weight excluding hydrogens is 446 g/mol. The summed E-state index contributed by atoms with van der Waals surface area (Å²) in [5.41, 5.74) is 1.41. The Balaban J connectivity index is 1.39. The van der Waals surface area contributed by atoms with Crippen LogP contribution in [0.5, 0.6) is 0 Å². The number of furan rings is 1. The number of thioether (sulfide) groups is 1. The summed E-state index contributed by atoms with van der Waals surface area (Å²) < 4.78 is 7.06. The number of hydrogen-bond donors (Lipinski definition) is 2. The first kappa shape index (κ1) is 20.5. The molecule has 0 amide bonds. The lowest BCUT2D eigenvalue weighted by Crippen LogP contribution is -2.19. The fraction of sp³-hybridized carbons (Fsp3) is 0.182. The maximum Gasteiger partial charge on any atom is 0.343 e. The normalized spacial score (nSPS) is 12.4. The van der Waals surface area contributed by atoms with Crippen LogP contribution in [-0.2, 0) is 13.0 Å². The number of fused-ring (bicyclic) bond motifs is 1. The number of benzene rings is 1. The van der Waals surface area contributed by atoms with Crippen molar-refractivity contribution in [1.82, 2.24) is 24.7 Å². The molecule has 0 aliphatic carbocycles. The van der Waals surface area contributed by atoms with E-state index in [9.17, 15) is 9.59 Å². The Morgan fingerprint density at radius 2 is 2.03 bits per heavy atom. The Labute approximate surface area is 190 Å². The molecule has 8 nitrogen and oxygen atoms in total. The van der Waals surface area contributed by atoms with E-state index < -0.39 is 0 Å². The number of rotatable bonds is 7. The molecule has 2 N–H and O–H groups in total. The molecule has 0 radical (unpaired) electrons. The van der Waals surface area contributed by atoms with Crippen LogP contribution in [0.1, 0.15) is 23.6 Å². The summed E-state index contributed by atoms with van der Waals surface area (Å²) in [7, 11) is 0. The largest absolute Gasteiger partial charge is 0.464 e. The van der Waals surface area contributed by atoms with Crippen LogP contribution in [0.15, 0.2) is 73.3 Å². The Bertz CT molecular complexity index is 1470. The standard InChI is InChI=1S/C22H19N5O3S2/c1-13(32-22-26-25-21(29)27(22)10-9-14-6-3-2-4-7-14)18-23-19(28)17-15(12-31-20(17)24-18)16-8-5-11-30-16/h2-8,11-13H,9-10H2,1H3,(H,25,29)(H,23,24,28). The van der Waals surface area contributed by atoms with Crippen molar-refractivity contribution >= 4 is 33.3 Å². The summed E-state index contributed by atoms with van der Waals surface area (Å²) in [5.74, 6) is 1.17. The lowest BCUT2D eigenvalue weighted by molar-refractivity contribution is 0.583. The number of nitrogens with one attached hydrogen (secondary N) is 2. The Morgan fingerprint density at radius 1 is 1.19 bits per heavy atom. The highest BCUT2D eigenvalue weighted by Crippen LogP contribution is 2.34. The van der Waals surface area contributed by atoms with Crippen molar-refractivity contribution in [1.29, 1.82) is 0 Å². The van der Waals surface area contributed by atoms with Gasteiger partial charge in [0.1, 0.15) is 16.4 Å². The minimum absolute atomic E-state index is 0.214. The minimum Gasteiger partial charge on any atom is -0.464 e. The van der Waals surface area contributed by atoms with Gasteiger partial charge in [0.2, 0.25) is 0 Å². The first-order chi connectivity index (χ1) is 15.6. The molecule has 5 aromatic rings. The Hall–Kier alpha value is -3.37. The molecule has 0 bridgehead atoms. The first-order valence-corrected chi connectivity index (χ1v) is 11.8. The monoisotopic (exact) mass is 465 g/mol. The van der Waals surface area contributed by atoms with Gasteiger partial charge in [-0.15, -0.1) is 16.4 Å². The average Bonchev–Trinajstić information content (AvgIpc) is 3.54. The molecule has 0 spiro atoms. The van der Waals surface area contributed by atoms with Crippen molar-refractivity contribution in [2.24, 2.45) is 0 Å². The second-order valence-electron chi connectivity index (χ2n) is 7.22. The summed E-state index contributed by atoms with van der Waals surface area (Å²) in [4.78, 5) is 33.3. The lowest BCUT2D eigenvalue weighted by atomic mass is 10.1. The molecule has 162 valence electrons. The third-order valence-corrected chi connectivity index (χ3v) is 7.08. The van der Waals surface area contributed by atoms with Crippen LogP contribution in [0.3, 0.4) is 0 Å². The number of nitrogens with zero attached hydrogens (tertiary/aromatic N) is 3. The topological polar surface area (TPSA) is 110 Å². The summed E-state index contributed by atoms with van der Waals surface area (Å²) in [6.07, 6.45) is 2.29. The van der Waals surface area contributed by atoms with E-state index in [2.05, 4.69) is 20.2 Å². The van der Waals surface area contributed by atoms with E-state index in [1.165, 1.54) is 23.1 Å². The van der Waals surface area contributed by atoms with E-state index in [0.29, 0.717) is 39.9 Å². The van der Waals surface area contributed by atoms with E-state index in [-0.39, 0.29) is 16.5 Å². The third-order valence-electron chi connectivity index (χ3n) is 5.11. The van der Waals surface area contributed by atoms with Gasteiger partial charge in [-0.2, -0.15) is 0 Å². The second kappa shape index (κ2) is 8.64. The molecule has 1 aromatic carbocycles. The third kappa shape index (κ3) is 3.94. The lowest BCUT2D eigenvalue weighted by Gasteiger charge is -2.11. The molecule has 0 fully saturated rings. The van der Waals surface area contributed by atoms with Crippen molar-refractivity contribution in [2.45, 2.75) is 30.3 Å². The summed E-state index contributed by atoms with van der Waals surface area (Å²) in [6, 6.07) is 13.6. The Morgan fingerprint density at radius 3 is 2.81 bits per heavy atom. The zero-order chi connectivity index (χ0) is 22.1. The molecule has 1 atom stereocenters. The maximum atomic E-state index is 12.8. The van der Waals surface area contributed by atoms with Crippen LogP contribution in [0.4, 0.5) is 0 Å². The van der Waals surface area contributed by atoms with Gasteiger partial charge in [0.25, 0.3) is 5.56 Å². The van der Waals surface area contributed by atoms with Gasteiger partial charge >= 0.3 is 5.69 Å². The fourth-order valence-corrected chi connectivity index (χ4v) is 5.34. The van der Waals surface area contributed by atoms with Gasteiger partial charge in [0, 0.05) is 17.5 Å². The van der Waals surface area contributed by atoms with Gasteiger partial charge in [0.15, 0.2) is 5.16 Å². The predicted molar refractivity (Wildman–Crippen MR) is 125 cm³/mol. The Kier molecular flexibility index (Phi) is 5.54. The zero-order valence-electron chi connectivity index (χ0n) is 17.1. The van der Waals surface area contributed by atoms with Gasteiger partial charge in [-0.05, 0) is 31.0 Å². The molecule has 5 rings (SSSR count). The van der Waals surface area contributed by atoms with E-state index in [1.807, 2.05) is 48.7 Å². The van der Waals surface area contributed by atoms with Crippen molar-refractivity contribution < 1.29 is 4.42 Å². The SMILES string of the molecule is CC(Sc1n[nH]c(=O)n1CCc1ccccc1)c1nc2scc(-c3ccco3)c2c(=O)[nH]1.